The monoisotopic (exact) mass is 304 g/mol. The van der Waals surface area contributed by atoms with E-state index in [4.69, 9.17) is 5.11 Å². The third-order valence-electron chi connectivity index (χ3n) is 4.13. The molecule has 1 aliphatic heterocycles. The largest absolute Gasteiger partial charge is 0.481 e. The molecule has 1 aromatic carbocycles. The van der Waals surface area contributed by atoms with Crippen LogP contribution in [0.25, 0.3) is 0 Å². The summed E-state index contributed by atoms with van der Waals surface area (Å²) in [5, 5.41) is 11.4. The van der Waals surface area contributed by atoms with Crippen LogP contribution < -0.4 is 5.32 Å². The fourth-order valence-electron chi connectivity index (χ4n) is 2.54. The van der Waals surface area contributed by atoms with Crippen molar-refractivity contribution in [2.24, 2.45) is 0 Å². The predicted molar refractivity (Wildman–Crippen MR) is 80.4 cm³/mol. The number of aryl methyl sites for hydroxylation is 2. The standard InChI is InChI=1S/C16H20N2O4/c1-10-6-7-12(9-11(10)2)16(3)14(21)18(15(22)17-16)8-4-5-13(19)20/h6-7,9H,4-5,8H2,1-3H3,(H,17,22)(H,19,20). The van der Waals surface area contributed by atoms with Crippen molar-refractivity contribution in [1.82, 2.24) is 10.2 Å². The van der Waals surface area contributed by atoms with Crippen molar-refractivity contribution < 1.29 is 19.5 Å². The Morgan fingerprint density at radius 1 is 1.27 bits per heavy atom. The fourth-order valence-corrected chi connectivity index (χ4v) is 2.54. The van der Waals surface area contributed by atoms with Crippen molar-refractivity contribution in [3.63, 3.8) is 0 Å². The third-order valence-corrected chi connectivity index (χ3v) is 4.13. The molecule has 2 rings (SSSR count). The number of carbonyl (C=O) groups excluding carboxylic acids is 2. The molecule has 1 atom stereocenters. The number of nitrogens with one attached hydrogen (secondary N) is 1. The molecule has 3 amide bonds. The number of imide groups is 1. The normalized spacial score (nSPS) is 21.1. The maximum Gasteiger partial charge on any atom is 0.325 e. The Labute approximate surface area is 129 Å². The van der Waals surface area contributed by atoms with Crippen molar-refractivity contribution in [2.75, 3.05) is 6.54 Å². The van der Waals surface area contributed by atoms with E-state index in [1.165, 1.54) is 0 Å². The first-order chi connectivity index (χ1) is 10.3. The number of aliphatic carboxylic acids is 1. The van der Waals surface area contributed by atoms with Crippen LogP contribution in [0.5, 0.6) is 0 Å². The van der Waals surface area contributed by atoms with E-state index >= 15 is 0 Å². The van der Waals surface area contributed by atoms with Gasteiger partial charge in [-0.15, -0.1) is 0 Å². The molecule has 0 bridgehead atoms. The molecular formula is C16H20N2O4. The number of amides is 3. The van der Waals surface area contributed by atoms with Crippen LogP contribution in [0.1, 0.15) is 36.5 Å². The highest BCUT2D eigenvalue weighted by molar-refractivity contribution is 6.07. The van der Waals surface area contributed by atoms with Gasteiger partial charge in [-0.3, -0.25) is 14.5 Å². The Bertz CT molecular complexity index is 641. The minimum absolute atomic E-state index is 0.0720. The lowest BCUT2D eigenvalue weighted by molar-refractivity contribution is -0.138. The third kappa shape index (κ3) is 2.81. The van der Waals surface area contributed by atoms with Gasteiger partial charge in [0, 0.05) is 13.0 Å². The van der Waals surface area contributed by atoms with E-state index in [0.717, 1.165) is 21.6 Å². The lowest BCUT2D eigenvalue weighted by atomic mass is 9.89. The van der Waals surface area contributed by atoms with Gasteiger partial charge >= 0.3 is 12.0 Å². The molecule has 1 aromatic rings. The number of carbonyl (C=O) groups is 3. The van der Waals surface area contributed by atoms with Crippen molar-refractivity contribution in [2.45, 2.75) is 39.2 Å². The molecule has 6 nitrogen and oxygen atoms in total. The second-order valence-electron chi connectivity index (χ2n) is 5.81. The van der Waals surface area contributed by atoms with Crippen molar-refractivity contribution in [1.29, 1.82) is 0 Å². The van der Waals surface area contributed by atoms with E-state index < -0.39 is 17.5 Å². The smallest absolute Gasteiger partial charge is 0.325 e. The number of hydrogen-bond acceptors (Lipinski definition) is 3. The number of urea groups is 1. The second kappa shape index (κ2) is 5.79. The van der Waals surface area contributed by atoms with E-state index in [-0.39, 0.29) is 25.3 Å². The first-order valence-electron chi connectivity index (χ1n) is 7.19. The summed E-state index contributed by atoms with van der Waals surface area (Å²) in [5.41, 5.74) is 1.79. The zero-order valence-corrected chi connectivity index (χ0v) is 13.0. The molecule has 6 heteroatoms. The first kappa shape index (κ1) is 16.0. The zero-order valence-electron chi connectivity index (χ0n) is 13.0. The van der Waals surface area contributed by atoms with Crippen LogP contribution >= 0.6 is 0 Å². The number of benzene rings is 1. The SMILES string of the molecule is Cc1ccc(C2(C)NC(=O)N(CCCC(=O)O)C2=O)cc1C. The number of rotatable bonds is 5. The van der Waals surface area contributed by atoms with Gasteiger partial charge in [0.15, 0.2) is 0 Å². The predicted octanol–water partition coefficient (Wildman–Crippen LogP) is 1.94. The Morgan fingerprint density at radius 2 is 1.95 bits per heavy atom. The van der Waals surface area contributed by atoms with Crippen LogP contribution in [-0.4, -0.2) is 34.5 Å². The van der Waals surface area contributed by atoms with Crippen molar-refractivity contribution >= 4 is 17.9 Å². The van der Waals surface area contributed by atoms with Gasteiger partial charge in [0.05, 0.1) is 0 Å². The summed E-state index contributed by atoms with van der Waals surface area (Å²) in [4.78, 5) is 36.3. The minimum atomic E-state index is -1.10. The summed E-state index contributed by atoms with van der Waals surface area (Å²) in [6.45, 7) is 5.72. The van der Waals surface area contributed by atoms with Gasteiger partial charge in [0.2, 0.25) is 0 Å². The molecule has 118 valence electrons. The molecule has 1 unspecified atom stereocenters. The molecular weight excluding hydrogens is 284 g/mol. The number of hydrogen-bond donors (Lipinski definition) is 2. The van der Waals surface area contributed by atoms with Crippen LogP contribution in [0.3, 0.4) is 0 Å². The van der Waals surface area contributed by atoms with E-state index in [1.807, 2.05) is 32.0 Å². The van der Waals surface area contributed by atoms with Crippen LogP contribution in [0.15, 0.2) is 18.2 Å². The lowest BCUT2D eigenvalue weighted by Gasteiger charge is -2.23. The summed E-state index contributed by atoms with van der Waals surface area (Å²) in [6.07, 6.45) is 0.176. The molecule has 22 heavy (non-hydrogen) atoms. The second-order valence-corrected chi connectivity index (χ2v) is 5.81. The van der Waals surface area contributed by atoms with Crippen LogP contribution in [-0.2, 0) is 15.1 Å². The quantitative estimate of drug-likeness (QED) is 0.814. The highest BCUT2D eigenvalue weighted by atomic mass is 16.4. The van der Waals surface area contributed by atoms with Gasteiger partial charge in [-0.25, -0.2) is 4.79 Å². The average molecular weight is 304 g/mol. The Hall–Kier alpha value is -2.37. The first-order valence-corrected chi connectivity index (χ1v) is 7.19. The Balaban J connectivity index is 2.21. The van der Waals surface area contributed by atoms with Gasteiger partial charge in [-0.2, -0.15) is 0 Å². The number of carboxylic acid groups (broad SMARTS) is 1. The molecule has 1 fully saturated rings. The average Bonchev–Trinajstić information content (AvgIpc) is 2.65. The number of carboxylic acids is 1. The van der Waals surface area contributed by atoms with E-state index in [9.17, 15) is 14.4 Å². The van der Waals surface area contributed by atoms with Crippen LogP contribution in [0, 0.1) is 13.8 Å². The minimum Gasteiger partial charge on any atom is -0.481 e. The lowest BCUT2D eigenvalue weighted by Crippen LogP contribution is -2.41. The molecule has 0 radical (unpaired) electrons. The number of nitrogens with zero attached hydrogens (tertiary/aromatic N) is 1. The van der Waals surface area contributed by atoms with Crippen molar-refractivity contribution in [3.05, 3.63) is 34.9 Å². The van der Waals surface area contributed by atoms with E-state index in [2.05, 4.69) is 5.32 Å². The topological polar surface area (TPSA) is 86.7 Å². The van der Waals surface area contributed by atoms with E-state index in [0.29, 0.717) is 0 Å². The summed E-state index contributed by atoms with van der Waals surface area (Å²) >= 11 is 0. The molecule has 1 aliphatic rings. The van der Waals surface area contributed by atoms with Crippen LogP contribution in [0.2, 0.25) is 0 Å². The zero-order chi connectivity index (χ0) is 16.5. The van der Waals surface area contributed by atoms with Gasteiger partial charge < -0.3 is 10.4 Å². The van der Waals surface area contributed by atoms with Gasteiger partial charge in [0.1, 0.15) is 5.54 Å². The molecule has 1 heterocycles. The van der Waals surface area contributed by atoms with Gasteiger partial charge in [0.25, 0.3) is 5.91 Å². The molecule has 0 aromatic heterocycles. The Morgan fingerprint density at radius 3 is 2.55 bits per heavy atom. The maximum absolute atomic E-state index is 12.6. The maximum atomic E-state index is 12.6. The van der Waals surface area contributed by atoms with Crippen molar-refractivity contribution in [3.8, 4) is 0 Å². The molecule has 0 aliphatic carbocycles. The van der Waals surface area contributed by atoms with Gasteiger partial charge in [-0.1, -0.05) is 18.2 Å². The summed E-state index contributed by atoms with van der Waals surface area (Å²) in [6, 6.07) is 5.17. The summed E-state index contributed by atoms with van der Waals surface area (Å²) in [7, 11) is 0. The highest BCUT2D eigenvalue weighted by Crippen LogP contribution is 2.30. The summed E-state index contributed by atoms with van der Waals surface area (Å²) < 4.78 is 0. The Kier molecular flexibility index (Phi) is 4.21. The molecule has 1 saturated heterocycles. The fraction of sp³-hybridized carbons (Fsp3) is 0.438. The highest BCUT2D eigenvalue weighted by Gasteiger charge is 2.48. The molecule has 0 saturated carbocycles. The molecule has 0 spiro atoms. The molecule has 2 N–H and O–H groups in total. The van der Waals surface area contributed by atoms with Gasteiger partial charge in [-0.05, 0) is 43.9 Å². The van der Waals surface area contributed by atoms with E-state index in [1.54, 1.807) is 6.92 Å². The summed E-state index contributed by atoms with van der Waals surface area (Å²) in [5.74, 6) is -1.28. The van der Waals surface area contributed by atoms with Crippen LogP contribution in [0.4, 0.5) is 4.79 Å².